The Morgan fingerprint density at radius 2 is 1.72 bits per heavy atom. The van der Waals surface area contributed by atoms with E-state index in [2.05, 4.69) is 21.5 Å². The van der Waals surface area contributed by atoms with Gasteiger partial charge in [0.1, 0.15) is 5.82 Å². The molecule has 0 unspecified atom stereocenters. The Kier molecular flexibility index (Phi) is 4.69. The van der Waals surface area contributed by atoms with Crippen molar-refractivity contribution in [2.45, 2.75) is 18.4 Å². The lowest BCUT2D eigenvalue weighted by Crippen LogP contribution is -2.34. The van der Waals surface area contributed by atoms with Crippen LogP contribution < -0.4 is 16.2 Å². The first-order valence-corrected chi connectivity index (χ1v) is 9.46. The number of benzene rings is 2. The van der Waals surface area contributed by atoms with E-state index in [9.17, 15) is 9.59 Å². The predicted molar refractivity (Wildman–Crippen MR) is 115 cm³/mol. The van der Waals surface area contributed by atoms with E-state index in [1.165, 1.54) is 6.07 Å². The first-order valence-electron chi connectivity index (χ1n) is 9.46. The monoisotopic (exact) mass is 383 g/mol. The molecule has 2 aromatic carbocycles. The summed E-state index contributed by atoms with van der Waals surface area (Å²) in [7, 11) is 1.77. The topological polar surface area (TPSA) is 74.0 Å². The number of hydrogen-bond donors (Lipinski definition) is 3. The molecule has 0 bridgehead atoms. The molecule has 29 heavy (non-hydrogen) atoms. The Morgan fingerprint density at radius 3 is 2.31 bits per heavy atom. The number of amides is 1. The van der Waals surface area contributed by atoms with E-state index >= 15 is 0 Å². The van der Waals surface area contributed by atoms with E-state index in [4.69, 9.17) is 6.42 Å². The van der Waals surface area contributed by atoms with Crippen molar-refractivity contribution in [1.29, 1.82) is 0 Å². The average molecular weight is 383 g/mol. The Hall–Kier alpha value is -3.78. The van der Waals surface area contributed by atoms with Crippen molar-refractivity contribution in [1.82, 2.24) is 10.3 Å². The molecule has 1 saturated carbocycles. The van der Waals surface area contributed by atoms with Gasteiger partial charge in [0.15, 0.2) is 0 Å². The number of carbonyl (C=O) groups excluding carboxylic acids is 1. The van der Waals surface area contributed by atoms with E-state index in [-0.39, 0.29) is 17.0 Å². The number of terminal acetylenes is 1. The molecular weight excluding hydrogens is 362 g/mol. The highest BCUT2D eigenvalue weighted by atomic mass is 16.2. The molecule has 5 heteroatoms. The summed E-state index contributed by atoms with van der Waals surface area (Å²) in [6.07, 6.45) is 7.18. The summed E-state index contributed by atoms with van der Waals surface area (Å²) in [5.74, 6) is 3.13. The molecule has 4 rings (SSSR count). The predicted octanol–water partition coefficient (Wildman–Crippen LogP) is 3.48. The second kappa shape index (κ2) is 7.33. The normalized spacial score (nSPS) is 13.9. The molecule has 0 saturated heterocycles. The SMILES string of the molecule is C#Cc1ccc(C(=O)NC2(c3ccc(-c4ccc(=O)[nH]c4NC)cc3)CC2)cc1. The molecule has 1 amide bonds. The fraction of sp³-hybridized carbons (Fsp3) is 0.167. The maximum atomic E-state index is 12.7. The van der Waals surface area contributed by atoms with Gasteiger partial charge in [0, 0.05) is 29.8 Å². The van der Waals surface area contributed by atoms with Gasteiger partial charge < -0.3 is 15.6 Å². The first-order chi connectivity index (χ1) is 14.0. The largest absolute Gasteiger partial charge is 0.374 e. The van der Waals surface area contributed by atoms with Crippen LogP contribution in [0.1, 0.15) is 34.3 Å². The molecular formula is C24H21N3O2. The summed E-state index contributed by atoms with van der Waals surface area (Å²) in [4.78, 5) is 27.0. The zero-order chi connectivity index (χ0) is 20.4. The van der Waals surface area contributed by atoms with Crippen molar-refractivity contribution in [2.75, 3.05) is 12.4 Å². The van der Waals surface area contributed by atoms with Gasteiger partial charge in [0.2, 0.25) is 5.56 Å². The first kappa shape index (κ1) is 18.6. The van der Waals surface area contributed by atoms with Crippen LogP contribution in [0.4, 0.5) is 5.82 Å². The average Bonchev–Trinajstić information content (AvgIpc) is 3.54. The van der Waals surface area contributed by atoms with Gasteiger partial charge in [-0.3, -0.25) is 9.59 Å². The van der Waals surface area contributed by atoms with Crippen molar-refractivity contribution < 1.29 is 4.79 Å². The van der Waals surface area contributed by atoms with Crippen LogP contribution in [-0.2, 0) is 5.54 Å². The molecule has 3 N–H and O–H groups in total. The standard InChI is InChI=1S/C24H21N3O2/c1-3-16-4-6-18(7-5-16)23(29)27-24(14-15-24)19-10-8-17(9-11-19)20-12-13-21(28)26-22(20)25-2/h1,4-13H,14-15H2,2H3,(H,27,29)(H2,25,26,28). The van der Waals surface area contributed by atoms with Crippen molar-refractivity contribution in [3.8, 4) is 23.5 Å². The van der Waals surface area contributed by atoms with Crippen molar-refractivity contribution in [2.24, 2.45) is 0 Å². The number of aromatic amines is 1. The van der Waals surface area contributed by atoms with Crippen LogP contribution >= 0.6 is 0 Å². The minimum absolute atomic E-state index is 0.103. The van der Waals surface area contributed by atoms with Gasteiger partial charge in [-0.15, -0.1) is 6.42 Å². The molecule has 1 heterocycles. The van der Waals surface area contributed by atoms with Gasteiger partial charge >= 0.3 is 0 Å². The molecule has 1 aliphatic rings. The van der Waals surface area contributed by atoms with Gasteiger partial charge in [-0.05, 0) is 54.3 Å². The van der Waals surface area contributed by atoms with E-state index in [0.717, 1.165) is 35.1 Å². The number of hydrogen-bond acceptors (Lipinski definition) is 3. The lowest BCUT2D eigenvalue weighted by molar-refractivity contribution is 0.0931. The maximum Gasteiger partial charge on any atom is 0.251 e. The van der Waals surface area contributed by atoms with E-state index < -0.39 is 0 Å². The Labute approximate surface area is 169 Å². The molecule has 1 aromatic heterocycles. The van der Waals surface area contributed by atoms with Gasteiger partial charge in [0.25, 0.3) is 5.91 Å². The van der Waals surface area contributed by atoms with Crippen LogP contribution in [0.2, 0.25) is 0 Å². The van der Waals surface area contributed by atoms with E-state index in [1.807, 2.05) is 24.3 Å². The fourth-order valence-electron chi connectivity index (χ4n) is 3.50. The van der Waals surface area contributed by atoms with Gasteiger partial charge in [-0.1, -0.05) is 30.2 Å². The third-order valence-electron chi connectivity index (χ3n) is 5.33. The maximum absolute atomic E-state index is 12.7. The second-order valence-electron chi connectivity index (χ2n) is 7.20. The minimum atomic E-state index is -0.322. The van der Waals surface area contributed by atoms with Crippen molar-refractivity contribution in [3.63, 3.8) is 0 Å². The smallest absolute Gasteiger partial charge is 0.251 e. The third kappa shape index (κ3) is 3.65. The quantitative estimate of drug-likeness (QED) is 0.591. The van der Waals surface area contributed by atoms with Crippen molar-refractivity contribution in [3.05, 3.63) is 87.7 Å². The molecule has 0 aliphatic heterocycles. The van der Waals surface area contributed by atoms with E-state index in [0.29, 0.717) is 11.4 Å². The highest BCUT2D eigenvalue weighted by Gasteiger charge is 2.45. The molecule has 1 aliphatic carbocycles. The number of anilines is 1. The summed E-state index contributed by atoms with van der Waals surface area (Å²) < 4.78 is 0. The molecule has 5 nitrogen and oxygen atoms in total. The van der Waals surface area contributed by atoms with Crippen LogP contribution in [0.25, 0.3) is 11.1 Å². The molecule has 0 spiro atoms. The minimum Gasteiger partial charge on any atom is -0.374 e. The summed E-state index contributed by atoms with van der Waals surface area (Å²) >= 11 is 0. The van der Waals surface area contributed by atoms with Gasteiger partial charge in [-0.25, -0.2) is 0 Å². The van der Waals surface area contributed by atoms with Crippen LogP contribution in [0.3, 0.4) is 0 Å². The molecule has 3 aromatic rings. The van der Waals surface area contributed by atoms with Gasteiger partial charge in [0.05, 0.1) is 5.54 Å². The fourth-order valence-corrected chi connectivity index (χ4v) is 3.50. The molecule has 0 atom stereocenters. The third-order valence-corrected chi connectivity index (χ3v) is 5.33. The number of nitrogens with one attached hydrogen (secondary N) is 3. The number of carbonyl (C=O) groups is 1. The lowest BCUT2D eigenvalue weighted by atomic mass is 9.99. The van der Waals surface area contributed by atoms with Gasteiger partial charge in [-0.2, -0.15) is 0 Å². The highest BCUT2D eigenvalue weighted by molar-refractivity contribution is 5.95. The van der Waals surface area contributed by atoms with Crippen molar-refractivity contribution >= 4 is 11.7 Å². The second-order valence-corrected chi connectivity index (χ2v) is 7.20. The molecule has 1 fully saturated rings. The summed E-state index contributed by atoms with van der Waals surface area (Å²) in [5.41, 5.74) is 3.86. The highest BCUT2D eigenvalue weighted by Crippen LogP contribution is 2.46. The van der Waals surface area contributed by atoms with Crippen LogP contribution in [0.5, 0.6) is 0 Å². The Morgan fingerprint density at radius 1 is 1.03 bits per heavy atom. The molecule has 144 valence electrons. The Balaban J connectivity index is 1.55. The van der Waals surface area contributed by atoms with E-state index in [1.54, 1.807) is 37.4 Å². The summed E-state index contributed by atoms with van der Waals surface area (Å²) in [6, 6.07) is 18.4. The summed E-state index contributed by atoms with van der Waals surface area (Å²) in [6.45, 7) is 0. The van der Waals surface area contributed by atoms with Crippen LogP contribution in [0, 0.1) is 12.3 Å². The number of aromatic nitrogens is 1. The Bertz CT molecular complexity index is 1150. The number of rotatable bonds is 5. The lowest BCUT2D eigenvalue weighted by Gasteiger charge is -2.19. The zero-order valence-electron chi connectivity index (χ0n) is 16.1. The number of pyridine rings is 1. The van der Waals surface area contributed by atoms with Crippen LogP contribution in [-0.4, -0.2) is 17.9 Å². The zero-order valence-corrected chi connectivity index (χ0v) is 16.1. The number of H-pyrrole nitrogens is 1. The summed E-state index contributed by atoms with van der Waals surface area (Å²) in [5, 5.41) is 6.20. The van der Waals surface area contributed by atoms with Crippen LogP contribution in [0.15, 0.2) is 65.5 Å². The molecule has 0 radical (unpaired) electrons.